The van der Waals surface area contributed by atoms with Gasteiger partial charge in [0.25, 0.3) is 11.8 Å². The minimum Gasteiger partial charge on any atom is -0.465 e. The van der Waals surface area contributed by atoms with Crippen molar-refractivity contribution in [3.05, 3.63) is 70.1 Å². The van der Waals surface area contributed by atoms with Gasteiger partial charge in [0.05, 0.1) is 23.8 Å². The molecular formula is C19H11NO6S. The van der Waals surface area contributed by atoms with E-state index in [9.17, 15) is 19.2 Å². The summed E-state index contributed by atoms with van der Waals surface area (Å²) in [6.07, 6.45) is 0. The fourth-order valence-electron chi connectivity index (χ4n) is 2.87. The van der Waals surface area contributed by atoms with E-state index in [1.165, 1.54) is 19.2 Å². The molecule has 0 saturated carbocycles. The number of ether oxygens (including phenoxy) is 1. The summed E-state index contributed by atoms with van der Waals surface area (Å²) in [4.78, 5) is 54.6. The normalized spacial score (nSPS) is 13.0. The zero-order valence-corrected chi connectivity index (χ0v) is 14.7. The molecule has 7 nitrogen and oxygen atoms in total. The number of rotatable bonds is 3. The van der Waals surface area contributed by atoms with Gasteiger partial charge in [0.2, 0.25) is 0 Å². The summed E-state index contributed by atoms with van der Waals surface area (Å²) >= 11 is 1.02. The van der Waals surface area contributed by atoms with Gasteiger partial charge in [-0.15, -0.1) is 11.3 Å². The number of hydrogen-bond acceptors (Lipinski definition) is 7. The van der Waals surface area contributed by atoms with Crippen molar-refractivity contribution in [1.82, 2.24) is 5.06 Å². The van der Waals surface area contributed by atoms with Gasteiger partial charge >= 0.3 is 11.9 Å². The van der Waals surface area contributed by atoms with Gasteiger partial charge in [-0.2, -0.15) is 0 Å². The first-order chi connectivity index (χ1) is 13.0. The molecular weight excluding hydrogens is 370 g/mol. The third-order valence-corrected chi connectivity index (χ3v) is 5.25. The quantitative estimate of drug-likeness (QED) is 0.512. The second-order valence-corrected chi connectivity index (χ2v) is 6.68. The average molecular weight is 381 g/mol. The molecule has 0 atom stereocenters. The molecule has 0 bridgehead atoms. The van der Waals surface area contributed by atoms with Crippen LogP contribution < -0.4 is 0 Å². The molecule has 1 aliphatic rings. The van der Waals surface area contributed by atoms with Crippen LogP contribution in [0.2, 0.25) is 0 Å². The summed E-state index contributed by atoms with van der Waals surface area (Å²) in [6.45, 7) is 0. The van der Waals surface area contributed by atoms with E-state index in [0.29, 0.717) is 15.1 Å². The van der Waals surface area contributed by atoms with Gasteiger partial charge in [-0.05, 0) is 18.2 Å². The number of thiophene rings is 1. The van der Waals surface area contributed by atoms with E-state index in [0.717, 1.165) is 11.3 Å². The fourth-order valence-corrected chi connectivity index (χ4v) is 3.93. The van der Waals surface area contributed by atoms with Crippen LogP contribution in [0.15, 0.2) is 48.5 Å². The van der Waals surface area contributed by atoms with E-state index < -0.39 is 23.8 Å². The maximum atomic E-state index is 12.7. The van der Waals surface area contributed by atoms with Gasteiger partial charge in [-0.3, -0.25) is 9.59 Å². The number of carbonyl (C=O) groups is 4. The standard InChI is InChI=1S/C19H11NO6S/c1-25-18(23)14-12-8-4-5-9-13(12)27-15(14)19(24)26-20-16(21)10-6-2-3-7-11(10)17(20)22/h2-9H,1H3. The number of esters is 1. The van der Waals surface area contributed by atoms with Gasteiger partial charge in [0.15, 0.2) is 0 Å². The molecule has 4 rings (SSSR count). The largest absolute Gasteiger partial charge is 0.465 e. The first-order valence-corrected chi connectivity index (χ1v) is 8.64. The topological polar surface area (TPSA) is 90.0 Å². The van der Waals surface area contributed by atoms with Crippen LogP contribution in [0.3, 0.4) is 0 Å². The van der Waals surface area contributed by atoms with Crippen LogP contribution in [-0.2, 0) is 9.57 Å². The Bertz CT molecular complexity index is 1100. The molecule has 134 valence electrons. The van der Waals surface area contributed by atoms with Crippen LogP contribution in [0.4, 0.5) is 0 Å². The predicted molar refractivity (Wildman–Crippen MR) is 95.5 cm³/mol. The Labute approximate surface area is 156 Å². The maximum absolute atomic E-state index is 12.7. The zero-order chi connectivity index (χ0) is 19.1. The van der Waals surface area contributed by atoms with E-state index in [-0.39, 0.29) is 21.6 Å². The van der Waals surface area contributed by atoms with Crippen molar-refractivity contribution in [3.63, 3.8) is 0 Å². The molecule has 8 heteroatoms. The number of fused-ring (bicyclic) bond motifs is 2. The third kappa shape index (κ3) is 2.58. The first-order valence-electron chi connectivity index (χ1n) is 7.83. The van der Waals surface area contributed by atoms with E-state index in [1.807, 2.05) is 0 Å². The van der Waals surface area contributed by atoms with Crippen LogP contribution >= 0.6 is 11.3 Å². The Morgan fingerprint density at radius 3 is 2.11 bits per heavy atom. The highest BCUT2D eigenvalue weighted by atomic mass is 32.1. The molecule has 0 N–H and O–H groups in total. The predicted octanol–water partition coefficient (Wildman–Crippen LogP) is 3.06. The van der Waals surface area contributed by atoms with Crippen molar-refractivity contribution < 1.29 is 28.8 Å². The molecule has 0 aliphatic carbocycles. The van der Waals surface area contributed by atoms with E-state index in [2.05, 4.69) is 0 Å². The molecule has 0 radical (unpaired) electrons. The molecule has 0 spiro atoms. The Hall–Kier alpha value is -3.52. The van der Waals surface area contributed by atoms with Crippen LogP contribution in [0.1, 0.15) is 40.7 Å². The molecule has 2 heterocycles. The van der Waals surface area contributed by atoms with Crippen molar-refractivity contribution in [3.8, 4) is 0 Å². The number of carbonyl (C=O) groups excluding carboxylic acids is 4. The van der Waals surface area contributed by atoms with Crippen LogP contribution in [0, 0.1) is 0 Å². The summed E-state index contributed by atoms with van der Waals surface area (Å²) in [6, 6.07) is 13.1. The lowest BCUT2D eigenvalue weighted by Gasteiger charge is -2.12. The minimum absolute atomic E-state index is 0.0414. The number of hydroxylamine groups is 2. The molecule has 0 unspecified atom stereocenters. The second-order valence-electron chi connectivity index (χ2n) is 5.62. The lowest BCUT2D eigenvalue weighted by molar-refractivity contribution is -0.0581. The third-order valence-electron chi connectivity index (χ3n) is 4.10. The molecule has 1 aromatic heterocycles. The van der Waals surface area contributed by atoms with E-state index in [1.54, 1.807) is 36.4 Å². The molecule has 0 saturated heterocycles. The van der Waals surface area contributed by atoms with Crippen molar-refractivity contribution in [2.24, 2.45) is 0 Å². The van der Waals surface area contributed by atoms with Crippen LogP contribution in [0.25, 0.3) is 10.1 Å². The number of hydrogen-bond donors (Lipinski definition) is 0. The van der Waals surface area contributed by atoms with Crippen molar-refractivity contribution in [1.29, 1.82) is 0 Å². The highest BCUT2D eigenvalue weighted by Gasteiger charge is 2.39. The highest BCUT2D eigenvalue weighted by molar-refractivity contribution is 7.21. The second kappa shape index (κ2) is 6.33. The molecule has 27 heavy (non-hydrogen) atoms. The average Bonchev–Trinajstić information content (AvgIpc) is 3.19. The van der Waals surface area contributed by atoms with Gasteiger partial charge in [-0.25, -0.2) is 9.59 Å². The summed E-state index contributed by atoms with van der Waals surface area (Å²) in [5.41, 5.74) is 0.347. The fraction of sp³-hybridized carbons (Fsp3) is 0.0526. The summed E-state index contributed by atoms with van der Waals surface area (Å²) in [5.74, 6) is -3.15. The summed E-state index contributed by atoms with van der Waals surface area (Å²) < 4.78 is 5.44. The number of benzene rings is 2. The monoisotopic (exact) mass is 381 g/mol. The Balaban J connectivity index is 1.72. The van der Waals surface area contributed by atoms with Crippen LogP contribution in [0.5, 0.6) is 0 Å². The number of imide groups is 1. The Morgan fingerprint density at radius 1 is 0.889 bits per heavy atom. The smallest absolute Gasteiger partial charge is 0.374 e. The number of nitrogens with zero attached hydrogens (tertiary/aromatic N) is 1. The maximum Gasteiger partial charge on any atom is 0.374 e. The van der Waals surface area contributed by atoms with Crippen LogP contribution in [-0.4, -0.2) is 35.9 Å². The molecule has 1 aliphatic heterocycles. The lowest BCUT2D eigenvalue weighted by atomic mass is 10.1. The highest BCUT2D eigenvalue weighted by Crippen LogP contribution is 2.33. The first kappa shape index (κ1) is 16.9. The van der Waals surface area contributed by atoms with Crippen molar-refractivity contribution in [2.45, 2.75) is 0 Å². The minimum atomic E-state index is -0.980. The number of amides is 2. The van der Waals surface area contributed by atoms with E-state index in [4.69, 9.17) is 9.57 Å². The van der Waals surface area contributed by atoms with Gasteiger partial charge < -0.3 is 9.57 Å². The molecule has 2 aromatic carbocycles. The molecule has 0 fully saturated rings. The zero-order valence-electron chi connectivity index (χ0n) is 13.9. The summed E-state index contributed by atoms with van der Waals surface area (Å²) in [7, 11) is 1.20. The number of methoxy groups -OCH3 is 1. The lowest BCUT2D eigenvalue weighted by Crippen LogP contribution is -2.32. The van der Waals surface area contributed by atoms with Crippen molar-refractivity contribution >= 4 is 45.2 Å². The van der Waals surface area contributed by atoms with Crippen molar-refractivity contribution in [2.75, 3.05) is 7.11 Å². The van der Waals surface area contributed by atoms with Gasteiger partial charge in [0, 0.05) is 10.1 Å². The Kier molecular flexibility index (Phi) is 3.97. The SMILES string of the molecule is COC(=O)c1c(C(=O)ON2C(=O)c3ccccc3C2=O)sc2ccccc12. The van der Waals surface area contributed by atoms with Gasteiger partial charge in [-0.1, -0.05) is 35.4 Å². The molecule has 2 amide bonds. The van der Waals surface area contributed by atoms with Gasteiger partial charge in [0.1, 0.15) is 4.88 Å². The van der Waals surface area contributed by atoms with E-state index >= 15 is 0 Å². The summed E-state index contributed by atoms with van der Waals surface area (Å²) in [5, 5.41) is 0.946. The Morgan fingerprint density at radius 2 is 1.48 bits per heavy atom. The molecule has 3 aromatic rings.